The van der Waals surface area contributed by atoms with Crippen LogP contribution in [0.2, 0.25) is 0 Å². The van der Waals surface area contributed by atoms with Crippen LogP contribution in [0.3, 0.4) is 0 Å². The minimum atomic E-state index is 0.298. The molecule has 0 atom stereocenters. The molecule has 3 aromatic heterocycles. The van der Waals surface area contributed by atoms with Gasteiger partial charge in [-0.2, -0.15) is 5.10 Å². The van der Waals surface area contributed by atoms with Gasteiger partial charge >= 0.3 is 0 Å². The molecule has 0 saturated carbocycles. The molecular formula is C19H25N7S. The number of nitrogens with one attached hydrogen (secondary N) is 2. The van der Waals surface area contributed by atoms with Crippen molar-refractivity contribution in [3.05, 3.63) is 30.6 Å². The number of thiocarbonyl (C=S) groups is 1. The topological polar surface area (TPSA) is 80.5 Å². The van der Waals surface area contributed by atoms with Crippen LogP contribution in [0, 0.1) is 0 Å². The Hall–Kier alpha value is -2.61. The molecule has 0 unspecified atom stereocenters. The highest BCUT2D eigenvalue weighted by molar-refractivity contribution is 7.80. The normalized spacial score (nSPS) is 11.1. The maximum Gasteiger partial charge on any atom is 0.180 e. The molecule has 0 aliphatic rings. The summed E-state index contributed by atoms with van der Waals surface area (Å²) in [7, 11) is 0. The predicted octanol–water partition coefficient (Wildman–Crippen LogP) is 3.95. The Labute approximate surface area is 164 Å². The molecule has 3 heterocycles. The van der Waals surface area contributed by atoms with Gasteiger partial charge < -0.3 is 10.6 Å². The van der Waals surface area contributed by atoms with E-state index in [2.05, 4.69) is 51.5 Å². The first-order valence-corrected chi connectivity index (χ1v) is 9.72. The average molecular weight is 384 g/mol. The number of anilines is 1. The number of hydrogen-bond donors (Lipinski definition) is 2. The highest BCUT2D eigenvalue weighted by Crippen LogP contribution is 2.19. The number of unbranched alkanes of at least 4 members (excludes halogenated alkanes) is 2. The van der Waals surface area contributed by atoms with Gasteiger partial charge in [-0.25, -0.2) is 9.97 Å². The lowest BCUT2D eigenvalue weighted by Crippen LogP contribution is -2.29. The summed E-state index contributed by atoms with van der Waals surface area (Å²) in [4.78, 5) is 13.6. The summed E-state index contributed by atoms with van der Waals surface area (Å²) in [5, 5.41) is 11.4. The maximum atomic E-state index is 5.33. The third-order valence-corrected chi connectivity index (χ3v) is 4.36. The van der Waals surface area contributed by atoms with Gasteiger partial charge in [0.15, 0.2) is 10.8 Å². The highest BCUT2D eigenvalue weighted by atomic mass is 32.1. The Balaban J connectivity index is 1.74. The SMILES string of the molecule is CCCCCNC(=S)Nc1ccc2ncc(-c3ccn(C(C)C)n3)nc2n1. The van der Waals surface area contributed by atoms with E-state index in [9.17, 15) is 0 Å². The summed E-state index contributed by atoms with van der Waals surface area (Å²) >= 11 is 5.33. The summed E-state index contributed by atoms with van der Waals surface area (Å²) < 4.78 is 1.90. The first-order valence-electron chi connectivity index (χ1n) is 9.31. The largest absolute Gasteiger partial charge is 0.362 e. The average Bonchev–Trinajstić information content (AvgIpc) is 3.15. The van der Waals surface area contributed by atoms with Gasteiger partial charge in [-0.05, 0) is 50.7 Å². The van der Waals surface area contributed by atoms with E-state index in [1.165, 1.54) is 12.8 Å². The van der Waals surface area contributed by atoms with Crippen molar-refractivity contribution in [2.75, 3.05) is 11.9 Å². The van der Waals surface area contributed by atoms with Crippen LogP contribution in [-0.2, 0) is 0 Å². The monoisotopic (exact) mass is 383 g/mol. The summed E-state index contributed by atoms with van der Waals surface area (Å²) in [6.07, 6.45) is 7.14. The predicted molar refractivity (Wildman–Crippen MR) is 113 cm³/mol. The van der Waals surface area contributed by atoms with Crippen LogP contribution in [0.15, 0.2) is 30.6 Å². The molecule has 0 amide bonds. The molecule has 0 spiro atoms. The minimum absolute atomic E-state index is 0.298. The molecule has 0 bridgehead atoms. The first-order chi connectivity index (χ1) is 13.1. The van der Waals surface area contributed by atoms with E-state index >= 15 is 0 Å². The summed E-state index contributed by atoms with van der Waals surface area (Å²) in [6, 6.07) is 5.97. The van der Waals surface area contributed by atoms with Crippen molar-refractivity contribution in [2.45, 2.75) is 46.1 Å². The van der Waals surface area contributed by atoms with Crippen molar-refractivity contribution in [1.29, 1.82) is 0 Å². The first kappa shape index (κ1) is 19.2. The quantitative estimate of drug-likeness (QED) is 0.472. The number of hydrogen-bond acceptors (Lipinski definition) is 5. The Bertz CT molecular complexity index is 919. The minimum Gasteiger partial charge on any atom is -0.362 e. The second kappa shape index (κ2) is 8.85. The summed E-state index contributed by atoms with van der Waals surface area (Å²) in [6.45, 7) is 7.21. The molecule has 3 aromatic rings. The molecule has 142 valence electrons. The third-order valence-electron chi connectivity index (χ3n) is 4.11. The van der Waals surface area contributed by atoms with Gasteiger partial charge in [-0.15, -0.1) is 0 Å². The molecule has 2 N–H and O–H groups in total. The molecule has 0 aromatic carbocycles. The fraction of sp³-hybridized carbons (Fsp3) is 0.421. The van der Waals surface area contributed by atoms with Crippen molar-refractivity contribution in [3.8, 4) is 11.4 Å². The van der Waals surface area contributed by atoms with Crippen LogP contribution in [0.5, 0.6) is 0 Å². The second-order valence-electron chi connectivity index (χ2n) is 6.66. The third kappa shape index (κ3) is 4.97. The van der Waals surface area contributed by atoms with Crippen LogP contribution in [0.1, 0.15) is 46.1 Å². The Morgan fingerprint density at radius 3 is 2.74 bits per heavy atom. The van der Waals surface area contributed by atoms with Gasteiger partial charge in [-0.1, -0.05) is 19.8 Å². The van der Waals surface area contributed by atoms with E-state index in [0.29, 0.717) is 28.3 Å². The zero-order valence-corrected chi connectivity index (χ0v) is 16.8. The second-order valence-corrected chi connectivity index (χ2v) is 7.07. The van der Waals surface area contributed by atoms with E-state index in [0.717, 1.165) is 24.2 Å². The number of rotatable bonds is 7. The molecule has 27 heavy (non-hydrogen) atoms. The zero-order valence-electron chi connectivity index (χ0n) is 15.9. The maximum absolute atomic E-state index is 5.33. The number of aromatic nitrogens is 5. The van der Waals surface area contributed by atoms with Gasteiger partial charge in [-0.3, -0.25) is 9.67 Å². The van der Waals surface area contributed by atoms with E-state index in [4.69, 9.17) is 12.2 Å². The number of nitrogens with zero attached hydrogens (tertiary/aromatic N) is 5. The van der Waals surface area contributed by atoms with Gasteiger partial charge in [0.05, 0.1) is 6.20 Å². The van der Waals surface area contributed by atoms with Crippen molar-refractivity contribution in [3.63, 3.8) is 0 Å². The summed E-state index contributed by atoms with van der Waals surface area (Å²) in [5.41, 5.74) is 2.78. The molecule has 0 fully saturated rings. The van der Waals surface area contributed by atoms with Crippen LogP contribution < -0.4 is 10.6 Å². The summed E-state index contributed by atoms with van der Waals surface area (Å²) in [5.74, 6) is 0.648. The molecular weight excluding hydrogens is 358 g/mol. The lowest BCUT2D eigenvalue weighted by atomic mass is 10.2. The van der Waals surface area contributed by atoms with E-state index < -0.39 is 0 Å². The van der Waals surface area contributed by atoms with Crippen molar-refractivity contribution >= 4 is 34.3 Å². The standard InChI is InChI=1S/C19H25N7S/c1-4-5-6-10-20-19(27)24-17-8-7-15-18(23-17)22-16(12-21-15)14-9-11-26(25-14)13(2)3/h7-9,11-13H,4-6,10H2,1-3H3,(H2,20,22,23,24,27). The van der Waals surface area contributed by atoms with Gasteiger partial charge in [0.2, 0.25) is 0 Å². The molecule has 3 rings (SSSR count). The lowest BCUT2D eigenvalue weighted by molar-refractivity contribution is 0.534. The smallest absolute Gasteiger partial charge is 0.180 e. The fourth-order valence-electron chi connectivity index (χ4n) is 2.59. The molecule has 0 aliphatic carbocycles. The van der Waals surface area contributed by atoms with Crippen molar-refractivity contribution in [2.24, 2.45) is 0 Å². The van der Waals surface area contributed by atoms with Gasteiger partial charge in [0.1, 0.15) is 22.7 Å². The van der Waals surface area contributed by atoms with Gasteiger partial charge in [0, 0.05) is 18.8 Å². The van der Waals surface area contributed by atoms with Crippen LogP contribution in [0.4, 0.5) is 5.82 Å². The van der Waals surface area contributed by atoms with Crippen LogP contribution >= 0.6 is 12.2 Å². The molecule has 0 saturated heterocycles. The van der Waals surface area contributed by atoms with Crippen LogP contribution in [0.25, 0.3) is 22.6 Å². The molecule has 7 nitrogen and oxygen atoms in total. The molecule has 8 heteroatoms. The van der Waals surface area contributed by atoms with E-state index in [-0.39, 0.29) is 0 Å². The number of fused-ring (bicyclic) bond motifs is 1. The van der Waals surface area contributed by atoms with Gasteiger partial charge in [0.25, 0.3) is 0 Å². The number of pyridine rings is 1. The lowest BCUT2D eigenvalue weighted by Gasteiger charge is -2.10. The van der Waals surface area contributed by atoms with Crippen molar-refractivity contribution < 1.29 is 0 Å². The van der Waals surface area contributed by atoms with E-state index in [1.807, 2.05) is 29.1 Å². The van der Waals surface area contributed by atoms with Crippen molar-refractivity contribution in [1.82, 2.24) is 30.0 Å². The fourth-order valence-corrected chi connectivity index (χ4v) is 2.80. The molecule has 0 aliphatic heterocycles. The highest BCUT2D eigenvalue weighted by Gasteiger charge is 2.09. The Morgan fingerprint density at radius 1 is 1.15 bits per heavy atom. The molecule has 0 radical (unpaired) electrons. The zero-order chi connectivity index (χ0) is 19.2. The van der Waals surface area contributed by atoms with E-state index in [1.54, 1.807) is 6.20 Å². The Kier molecular flexibility index (Phi) is 6.28. The Morgan fingerprint density at radius 2 is 2.00 bits per heavy atom. The van der Waals surface area contributed by atoms with Crippen LogP contribution in [-0.4, -0.2) is 36.4 Å².